The highest BCUT2D eigenvalue weighted by molar-refractivity contribution is 5.91. The molecule has 0 aromatic carbocycles. The van der Waals surface area contributed by atoms with E-state index in [0.29, 0.717) is 11.5 Å². The molecule has 2 aromatic heterocycles. The van der Waals surface area contributed by atoms with Crippen LogP contribution in [0.25, 0.3) is 6.08 Å². The number of carbonyl (C=O) groups is 1. The number of furan rings is 1. The first kappa shape index (κ1) is 14.8. The molecule has 0 saturated heterocycles. The number of carbonyl (C=O) groups excluding carboxylic acids is 1. The normalized spacial score (nSPS) is 12.0. The van der Waals surface area contributed by atoms with Crippen LogP contribution < -0.4 is 5.32 Å². The molecule has 0 aliphatic rings. The average molecular weight is 300 g/mol. The van der Waals surface area contributed by atoms with E-state index in [1.165, 1.54) is 12.2 Å². The fraction of sp³-hybridized carbons (Fsp3) is 0.250. The summed E-state index contributed by atoms with van der Waals surface area (Å²) >= 11 is 0. The molecule has 0 bridgehead atoms. The summed E-state index contributed by atoms with van der Waals surface area (Å²) in [5.74, 6) is -0.640. The van der Waals surface area contributed by atoms with Gasteiger partial charge in [-0.3, -0.25) is 9.89 Å². The van der Waals surface area contributed by atoms with Crippen molar-refractivity contribution in [3.63, 3.8) is 0 Å². The Morgan fingerprint density at radius 2 is 2.24 bits per heavy atom. The fourth-order valence-electron chi connectivity index (χ4n) is 1.43. The molecule has 6 nitrogen and oxygen atoms in total. The minimum atomic E-state index is -4.62. The lowest BCUT2D eigenvalue weighted by Gasteiger charge is -1.98. The first-order valence-electron chi connectivity index (χ1n) is 5.85. The van der Waals surface area contributed by atoms with Crippen molar-refractivity contribution < 1.29 is 22.4 Å². The van der Waals surface area contributed by atoms with Crippen molar-refractivity contribution in [2.24, 2.45) is 0 Å². The molecule has 0 aliphatic carbocycles. The molecule has 0 radical (unpaired) electrons. The van der Waals surface area contributed by atoms with Crippen LogP contribution in [0.1, 0.15) is 23.2 Å². The molecule has 0 fully saturated rings. The Morgan fingerprint density at radius 3 is 2.81 bits per heavy atom. The van der Waals surface area contributed by atoms with Crippen LogP contribution in [0.2, 0.25) is 0 Å². The van der Waals surface area contributed by atoms with Crippen molar-refractivity contribution in [2.75, 3.05) is 0 Å². The predicted molar refractivity (Wildman–Crippen MR) is 65.7 cm³/mol. The molecular formula is C12H11F3N4O2. The lowest BCUT2D eigenvalue weighted by molar-refractivity contribution is -0.144. The van der Waals surface area contributed by atoms with E-state index in [1.54, 1.807) is 19.1 Å². The van der Waals surface area contributed by atoms with Gasteiger partial charge < -0.3 is 9.73 Å². The Labute approximate surface area is 117 Å². The second-order valence-electron chi connectivity index (χ2n) is 4.10. The Bertz CT molecular complexity index is 658. The summed E-state index contributed by atoms with van der Waals surface area (Å²) in [7, 11) is 0. The zero-order valence-corrected chi connectivity index (χ0v) is 10.9. The lowest BCUT2D eigenvalue weighted by Crippen LogP contribution is -2.21. The second kappa shape index (κ2) is 5.81. The molecule has 9 heteroatoms. The molecule has 21 heavy (non-hydrogen) atoms. The maximum absolute atomic E-state index is 12.3. The third-order valence-electron chi connectivity index (χ3n) is 2.38. The van der Waals surface area contributed by atoms with Crippen LogP contribution in [-0.2, 0) is 17.5 Å². The van der Waals surface area contributed by atoms with Gasteiger partial charge in [-0.1, -0.05) is 0 Å². The van der Waals surface area contributed by atoms with Gasteiger partial charge in [-0.05, 0) is 25.1 Å². The first-order chi connectivity index (χ1) is 9.84. The van der Waals surface area contributed by atoms with Gasteiger partial charge >= 0.3 is 6.18 Å². The molecular weight excluding hydrogens is 289 g/mol. The van der Waals surface area contributed by atoms with E-state index in [1.807, 2.05) is 0 Å². The molecule has 2 aromatic rings. The van der Waals surface area contributed by atoms with Crippen LogP contribution in [-0.4, -0.2) is 21.1 Å². The number of aromatic amines is 1. The summed E-state index contributed by atoms with van der Waals surface area (Å²) in [6.45, 7) is 1.57. The van der Waals surface area contributed by atoms with Gasteiger partial charge in [-0.25, -0.2) is 4.98 Å². The third kappa shape index (κ3) is 4.20. The SMILES string of the molecule is Cc1ccc(C=CC(=O)NCc2nc(C(F)(F)F)n[nH]2)o1. The lowest BCUT2D eigenvalue weighted by atomic mass is 10.4. The van der Waals surface area contributed by atoms with Gasteiger partial charge in [-0.15, -0.1) is 5.10 Å². The second-order valence-corrected chi connectivity index (χ2v) is 4.10. The molecule has 0 spiro atoms. The van der Waals surface area contributed by atoms with Crippen molar-refractivity contribution in [3.05, 3.63) is 41.4 Å². The predicted octanol–water partition coefficient (Wildman–Crippen LogP) is 2.05. The van der Waals surface area contributed by atoms with Gasteiger partial charge in [-0.2, -0.15) is 13.2 Å². The number of halogens is 3. The molecule has 0 aliphatic heterocycles. The zero-order chi connectivity index (χ0) is 15.5. The van der Waals surface area contributed by atoms with Gasteiger partial charge in [0.25, 0.3) is 5.82 Å². The highest BCUT2D eigenvalue weighted by Crippen LogP contribution is 2.25. The van der Waals surface area contributed by atoms with Crippen LogP contribution >= 0.6 is 0 Å². The minimum Gasteiger partial charge on any atom is -0.462 e. The molecule has 2 heterocycles. The van der Waals surface area contributed by atoms with Crippen LogP contribution in [0.15, 0.2) is 22.6 Å². The molecule has 0 unspecified atom stereocenters. The molecule has 2 N–H and O–H groups in total. The molecule has 2 rings (SSSR count). The summed E-state index contributed by atoms with van der Waals surface area (Å²) in [6, 6.07) is 3.43. The third-order valence-corrected chi connectivity index (χ3v) is 2.38. The summed E-state index contributed by atoms with van der Waals surface area (Å²) in [5.41, 5.74) is 0. The van der Waals surface area contributed by atoms with Gasteiger partial charge in [0.05, 0.1) is 6.54 Å². The van der Waals surface area contributed by atoms with Crippen molar-refractivity contribution in [3.8, 4) is 0 Å². The number of nitrogens with zero attached hydrogens (tertiary/aromatic N) is 2. The number of amides is 1. The highest BCUT2D eigenvalue weighted by Gasteiger charge is 2.35. The highest BCUT2D eigenvalue weighted by atomic mass is 19.4. The maximum atomic E-state index is 12.3. The number of aryl methyl sites for hydroxylation is 1. The molecule has 1 amide bonds. The van der Waals surface area contributed by atoms with E-state index in [2.05, 4.69) is 20.5 Å². The minimum absolute atomic E-state index is 0.0853. The van der Waals surface area contributed by atoms with E-state index < -0.39 is 17.9 Å². The number of alkyl halides is 3. The Kier molecular flexibility index (Phi) is 4.10. The quantitative estimate of drug-likeness (QED) is 0.846. The summed E-state index contributed by atoms with van der Waals surface area (Å²) in [6.07, 6.45) is -1.96. The smallest absolute Gasteiger partial charge is 0.453 e. The number of rotatable bonds is 4. The number of aromatic nitrogens is 3. The van der Waals surface area contributed by atoms with Gasteiger partial charge in [0.1, 0.15) is 17.3 Å². The van der Waals surface area contributed by atoms with Gasteiger partial charge in [0.15, 0.2) is 0 Å². The van der Waals surface area contributed by atoms with Crippen LogP contribution in [0.3, 0.4) is 0 Å². The Balaban J connectivity index is 1.86. The summed E-state index contributed by atoms with van der Waals surface area (Å²) in [5, 5.41) is 7.49. The van der Waals surface area contributed by atoms with Crippen LogP contribution in [0.5, 0.6) is 0 Å². The Morgan fingerprint density at radius 1 is 1.48 bits per heavy atom. The van der Waals surface area contributed by atoms with Crippen molar-refractivity contribution in [1.82, 2.24) is 20.5 Å². The van der Waals surface area contributed by atoms with Gasteiger partial charge in [0, 0.05) is 6.08 Å². The summed E-state index contributed by atoms with van der Waals surface area (Å²) < 4.78 is 42.0. The summed E-state index contributed by atoms with van der Waals surface area (Å²) in [4.78, 5) is 14.7. The molecule has 0 atom stereocenters. The standard InChI is InChI=1S/C12H11F3N4O2/c1-7-2-3-8(21-7)4-5-10(20)16-6-9-17-11(19-18-9)12(13,14)15/h2-5H,6H2,1H3,(H,16,20)(H,17,18,19). The zero-order valence-electron chi connectivity index (χ0n) is 10.9. The first-order valence-corrected chi connectivity index (χ1v) is 5.85. The largest absolute Gasteiger partial charge is 0.462 e. The number of hydrogen-bond donors (Lipinski definition) is 2. The average Bonchev–Trinajstić information content (AvgIpc) is 3.02. The maximum Gasteiger partial charge on any atom is 0.453 e. The van der Waals surface area contributed by atoms with E-state index in [0.717, 1.165) is 0 Å². The van der Waals surface area contributed by atoms with Crippen molar-refractivity contribution >= 4 is 12.0 Å². The van der Waals surface area contributed by atoms with Crippen molar-refractivity contribution in [1.29, 1.82) is 0 Å². The Hall–Kier alpha value is -2.58. The van der Waals surface area contributed by atoms with E-state index in [9.17, 15) is 18.0 Å². The van der Waals surface area contributed by atoms with Crippen LogP contribution in [0.4, 0.5) is 13.2 Å². The van der Waals surface area contributed by atoms with Gasteiger partial charge in [0.2, 0.25) is 5.91 Å². The van der Waals surface area contributed by atoms with Crippen molar-refractivity contribution in [2.45, 2.75) is 19.6 Å². The molecule has 0 saturated carbocycles. The van der Waals surface area contributed by atoms with E-state index in [4.69, 9.17) is 4.42 Å². The van der Waals surface area contributed by atoms with Crippen LogP contribution in [0, 0.1) is 6.92 Å². The fourth-order valence-corrected chi connectivity index (χ4v) is 1.43. The number of nitrogens with one attached hydrogen (secondary N) is 2. The monoisotopic (exact) mass is 300 g/mol. The molecule has 112 valence electrons. The van der Waals surface area contributed by atoms with E-state index in [-0.39, 0.29) is 12.4 Å². The topological polar surface area (TPSA) is 83.8 Å². The number of H-pyrrole nitrogens is 1. The van der Waals surface area contributed by atoms with E-state index >= 15 is 0 Å². The number of hydrogen-bond acceptors (Lipinski definition) is 4.